The van der Waals surface area contributed by atoms with Gasteiger partial charge in [-0.1, -0.05) is 36.4 Å². The van der Waals surface area contributed by atoms with Crippen molar-refractivity contribution in [2.24, 2.45) is 0 Å². The van der Waals surface area contributed by atoms with Gasteiger partial charge in [0.15, 0.2) is 0 Å². The molecule has 1 aromatic heterocycles. The summed E-state index contributed by atoms with van der Waals surface area (Å²) in [5.41, 5.74) is 4.90. The summed E-state index contributed by atoms with van der Waals surface area (Å²) in [6, 6.07) is 16.0. The van der Waals surface area contributed by atoms with E-state index in [0.717, 1.165) is 27.1 Å². The number of hydrogen-bond acceptors (Lipinski definition) is 7. The molecule has 4 rings (SSSR count). The maximum Gasteiger partial charge on any atom is 0.494 e. The molecule has 0 bridgehead atoms. The Labute approximate surface area is 236 Å². The monoisotopic (exact) mass is 565 g/mol. The molecule has 1 saturated heterocycles. The molecule has 11 heteroatoms. The Morgan fingerprint density at radius 2 is 1.57 bits per heavy atom. The van der Waals surface area contributed by atoms with E-state index in [4.69, 9.17) is 14.1 Å². The van der Waals surface area contributed by atoms with Crippen LogP contribution in [0, 0.1) is 0 Å². The topological polar surface area (TPSA) is 99.1 Å². The number of amides is 1. The van der Waals surface area contributed by atoms with Gasteiger partial charge >= 0.3 is 7.12 Å². The molecule has 0 spiro atoms. The molecule has 212 valence electrons. The predicted molar refractivity (Wildman–Crippen MR) is 155 cm³/mol. The molecule has 1 fully saturated rings. The first-order valence-electron chi connectivity index (χ1n) is 13.0. The molecule has 0 aliphatic carbocycles. The van der Waals surface area contributed by atoms with Gasteiger partial charge in [0.25, 0.3) is 15.9 Å². The summed E-state index contributed by atoms with van der Waals surface area (Å²) in [5.74, 6) is -0.471. The third-order valence-corrected chi connectivity index (χ3v) is 8.68. The molecule has 0 saturated carbocycles. The first-order chi connectivity index (χ1) is 18.8. The Balaban J connectivity index is 1.27. The van der Waals surface area contributed by atoms with Crippen molar-refractivity contribution in [3.05, 3.63) is 89.8 Å². The predicted octanol–water partition coefficient (Wildman–Crippen LogP) is 3.35. The van der Waals surface area contributed by atoms with Crippen LogP contribution in [0.3, 0.4) is 0 Å². The molecular formula is C29H36BN3O6S. The maximum absolute atomic E-state index is 13.0. The third-order valence-electron chi connectivity index (χ3n) is 7.03. The lowest BCUT2D eigenvalue weighted by molar-refractivity contribution is -0.129. The average Bonchev–Trinajstić information content (AvgIpc) is 3.45. The summed E-state index contributed by atoms with van der Waals surface area (Å²) >= 11 is 0. The number of carbonyl (C=O) groups excluding carboxylic acids is 1. The highest BCUT2D eigenvalue weighted by atomic mass is 32.2. The first kappa shape index (κ1) is 29.8. The van der Waals surface area contributed by atoms with Crippen LogP contribution in [0.15, 0.2) is 78.0 Å². The summed E-state index contributed by atoms with van der Waals surface area (Å²) in [4.78, 5) is 19.7. The van der Waals surface area contributed by atoms with Gasteiger partial charge in [0, 0.05) is 25.0 Å². The van der Waals surface area contributed by atoms with Crippen LogP contribution in [0.25, 0.3) is 6.08 Å². The molecular weight excluding hydrogens is 529 g/mol. The molecule has 2 aromatic carbocycles. The van der Waals surface area contributed by atoms with E-state index in [2.05, 4.69) is 5.48 Å². The van der Waals surface area contributed by atoms with Gasteiger partial charge in [-0.05, 0) is 88.2 Å². The van der Waals surface area contributed by atoms with Crippen LogP contribution in [-0.4, -0.2) is 55.6 Å². The smallest absolute Gasteiger partial charge is 0.399 e. The van der Waals surface area contributed by atoms with E-state index in [9.17, 15) is 13.2 Å². The van der Waals surface area contributed by atoms with Gasteiger partial charge in [-0.3, -0.25) is 9.63 Å². The first-order valence-corrected chi connectivity index (χ1v) is 14.4. The highest BCUT2D eigenvalue weighted by molar-refractivity contribution is 7.90. The molecule has 1 amide bonds. The zero-order valence-corrected chi connectivity index (χ0v) is 24.6. The number of hydroxylamine groups is 1. The van der Waals surface area contributed by atoms with Crippen molar-refractivity contribution in [2.75, 3.05) is 14.1 Å². The SMILES string of the molecule is CN(C)Cc1ccc(S(=O)(=O)n2ccc(/C=C/C(=O)NOCc3ccc(B4OC(C)(C)C(C)(C)O4)cc3)c2)cc1. The molecule has 1 N–H and O–H groups in total. The van der Waals surface area contributed by atoms with E-state index in [1.54, 1.807) is 30.3 Å². The number of nitrogens with zero attached hydrogens (tertiary/aromatic N) is 2. The lowest BCUT2D eigenvalue weighted by Gasteiger charge is -2.32. The maximum atomic E-state index is 13.0. The molecule has 0 radical (unpaired) electrons. The van der Waals surface area contributed by atoms with E-state index in [-0.39, 0.29) is 11.5 Å². The molecule has 1 aliphatic heterocycles. The molecule has 0 atom stereocenters. The van der Waals surface area contributed by atoms with Crippen LogP contribution < -0.4 is 10.9 Å². The van der Waals surface area contributed by atoms with E-state index >= 15 is 0 Å². The van der Waals surface area contributed by atoms with Gasteiger partial charge in [-0.15, -0.1) is 0 Å². The van der Waals surface area contributed by atoms with Gasteiger partial charge in [-0.25, -0.2) is 17.9 Å². The second-order valence-electron chi connectivity index (χ2n) is 11.1. The second-order valence-corrected chi connectivity index (χ2v) is 12.9. The second kappa shape index (κ2) is 11.7. The van der Waals surface area contributed by atoms with Crippen molar-refractivity contribution in [3.8, 4) is 0 Å². The number of rotatable bonds is 10. The zero-order valence-electron chi connectivity index (χ0n) is 23.7. The number of carbonyl (C=O) groups is 1. The third kappa shape index (κ3) is 6.91. The summed E-state index contributed by atoms with van der Waals surface area (Å²) in [5, 5.41) is 0. The lowest BCUT2D eigenvalue weighted by atomic mass is 9.79. The van der Waals surface area contributed by atoms with Crippen molar-refractivity contribution < 1.29 is 27.4 Å². The fourth-order valence-electron chi connectivity index (χ4n) is 4.04. The fourth-order valence-corrected chi connectivity index (χ4v) is 5.25. The summed E-state index contributed by atoms with van der Waals surface area (Å²) < 4.78 is 39.2. The standard InChI is InChI=1S/C29H36BN3O6S/c1-28(2)29(3,4)39-30(38-28)25-12-7-24(8-13-25)21-37-31-27(34)16-11-23-17-18-33(20-23)40(35,36)26-14-9-22(10-15-26)19-32(5)6/h7-18,20H,19,21H2,1-6H3,(H,31,34)/b16-11+. The molecule has 40 heavy (non-hydrogen) atoms. The summed E-state index contributed by atoms with van der Waals surface area (Å²) in [7, 11) is -0.275. The van der Waals surface area contributed by atoms with Crippen molar-refractivity contribution in [3.63, 3.8) is 0 Å². The number of aromatic nitrogens is 1. The van der Waals surface area contributed by atoms with Crippen LogP contribution in [0.5, 0.6) is 0 Å². The van der Waals surface area contributed by atoms with Gasteiger partial charge < -0.3 is 14.2 Å². The van der Waals surface area contributed by atoms with E-state index in [1.807, 2.05) is 71.0 Å². The Bertz CT molecular complexity index is 1450. The summed E-state index contributed by atoms with van der Waals surface area (Å²) in [6.45, 7) is 8.93. The van der Waals surface area contributed by atoms with Gasteiger partial charge in [0.1, 0.15) is 0 Å². The minimum Gasteiger partial charge on any atom is -0.399 e. The lowest BCUT2D eigenvalue weighted by Crippen LogP contribution is -2.41. The van der Waals surface area contributed by atoms with Gasteiger partial charge in [0.2, 0.25) is 0 Å². The van der Waals surface area contributed by atoms with Crippen LogP contribution in [-0.2, 0) is 42.1 Å². The quantitative estimate of drug-likeness (QED) is 0.229. The Morgan fingerprint density at radius 1 is 0.975 bits per heavy atom. The van der Waals surface area contributed by atoms with Crippen molar-refractivity contribution in [1.29, 1.82) is 0 Å². The van der Waals surface area contributed by atoms with Crippen LogP contribution in [0.4, 0.5) is 0 Å². The van der Waals surface area contributed by atoms with E-state index < -0.39 is 34.3 Å². The molecule has 3 aromatic rings. The number of hydrogen-bond donors (Lipinski definition) is 1. The van der Waals surface area contributed by atoms with Crippen LogP contribution >= 0.6 is 0 Å². The fraction of sp³-hybridized carbons (Fsp3) is 0.345. The summed E-state index contributed by atoms with van der Waals surface area (Å²) in [6.07, 6.45) is 5.70. The highest BCUT2D eigenvalue weighted by Crippen LogP contribution is 2.36. The molecule has 2 heterocycles. The highest BCUT2D eigenvalue weighted by Gasteiger charge is 2.51. The van der Waals surface area contributed by atoms with Crippen LogP contribution in [0.1, 0.15) is 44.4 Å². The zero-order chi connectivity index (χ0) is 29.1. The number of benzene rings is 2. The Hall–Kier alpha value is -3.22. The molecule has 9 nitrogen and oxygen atoms in total. The average molecular weight is 566 g/mol. The minimum absolute atomic E-state index is 0.172. The van der Waals surface area contributed by atoms with Gasteiger partial charge in [0.05, 0.1) is 22.7 Å². The largest absolute Gasteiger partial charge is 0.494 e. The Morgan fingerprint density at radius 3 is 2.17 bits per heavy atom. The van der Waals surface area contributed by atoms with Crippen molar-refractivity contribution in [2.45, 2.75) is 56.9 Å². The normalized spacial score (nSPS) is 16.6. The van der Waals surface area contributed by atoms with E-state index in [0.29, 0.717) is 5.56 Å². The molecule has 1 aliphatic rings. The van der Waals surface area contributed by atoms with Crippen LogP contribution in [0.2, 0.25) is 0 Å². The molecule has 0 unspecified atom stereocenters. The Kier molecular flexibility index (Phi) is 8.72. The van der Waals surface area contributed by atoms with E-state index in [1.165, 1.54) is 24.5 Å². The van der Waals surface area contributed by atoms with Crippen molar-refractivity contribution >= 4 is 34.6 Å². The van der Waals surface area contributed by atoms with Gasteiger partial charge in [-0.2, -0.15) is 0 Å². The number of nitrogens with one attached hydrogen (secondary N) is 1. The van der Waals surface area contributed by atoms with Crippen molar-refractivity contribution in [1.82, 2.24) is 14.4 Å². The minimum atomic E-state index is -3.74.